The van der Waals surface area contributed by atoms with E-state index in [4.69, 9.17) is 5.73 Å². The fourth-order valence-electron chi connectivity index (χ4n) is 1.57. The van der Waals surface area contributed by atoms with Gasteiger partial charge in [0.1, 0.15) is 22.4 Å². The van der Waals surface area contributed by atoms with E-state index in [1.54, 1.807) is 0 Å². The van der Waals surface area contributed by atoms with E-state index in [-0.39, 0.29) is 20.7 Å². The van der Waals surface area contributed by atoms with Crippen LogP contribution in [0.25, 0.3) is 0 Å². The third-order valence-electron chi connectivity index (χ3n) is 2.52. The summed E-state index contributed by atoms with van der Waals surface area (Å²) in [5.41, 5.74) is 5.75. The molecule has 0 aliphatic heterocycles. The molecule has 0 aliphatic carbocycles. The van der Waals surface area contributed by atoms with Crippen LogP contribution in [0.4, 0.5) is 24.5 Å². The van der Waals surface area contributed by atoms with E-state index in [1.165, 1.54) is 18.2 Å². The van der Waals surface area contributed by atoms with Crippen LogP contribution in [0, 0.1) is 17.5 Å². The monoisotopic (exact) mass is 360 g/mol. The first kappa shape index (κ1) is 14.8. The Labute approximate surface area is 126 Å². The molecule has 2 rings (SSSR count). The van der Waals surface area contributed by atoms with E-state index in [1.807, 2.05) is 0 Å². The van der Waals surface area contributed by atoms with E-state index in [0.29, 0.717) is 5.69 Å². The van der Waals surface area contributed by atoms with E-state index in [0.717, 1.165) is 12.1 Å². The summed E-state index contributed by atoms with van der Waals surface area (Å²) < 4.78 is 40.4. The van der Waals surface area contributed by atoms with E-state index in [2.05, 4.69) is 33.5 Å². The first-order valence-electron chi connectivity index (χ1n) is 5.39. The second-order valence-corrected chi connectivity index (χ2v) is 5.22. The summed E-state index contributed by atoms with van der Waals surface area (Å²) in [5, 5.41) is 2.65. The van der Waals surface area contributed by atoms with Crippen molar-refractivity contribution >= 4 is 44.5 Å². The molecule has 3 N–H and O–H groups in total. The zero-order valence-corrected chi connectivity index (χ0v) is 12.3. The number of rotatable bonds is 3. The van der Waals surface area contributed by atoms with Gasteiger partial charge in [-0.25, -0.2) is 13.2 Å². The Hall–Kier alpha value is -1.60. The van der Waals surface area contributed by atoms with Crippen molar-refractivity contribution in [3.63, 3.8) is 0 Å². The van der Waals surface area contributed by atoms with Gasteiger partial charge in [0, 0.05) is 17.3 Å². The minimum Gasteiger partial charge on any atom is -0.389 e. The second kappa shape index (κ2) is 5.80. The number of hydrogen-bond acceptors (Lipinski definition) is 2. The maximum Gasteiger partial charge on any atom is 0.149 e. The number of halogens is 4. The number of thiocarbonyl (C=S) groups is 1. The fourth-order valence-corrected chi connectivity index (χ4v) is 2.08. The van der Waals surface area contributed by atoms with Crippen LogP contribution in [0.1, 0.15) is 5.56 Å². The third-order valence-corrected chi connectivity index (χ3v) is 3.35. The molecule has 104 valence electrons. The summed E-state index contributed by atoms with van der Waals surface area (Å²) >= 11 is 7.63. The van der Waals surface area contributed by atoms with Crippen molar-refractivity contribution in [2.75, 3.05) is 5.32 Å². The van der Waals surface area contributed by atoms with Crippen LogP contribution in [0.15, 0.2) is 34.8 Å². The van der Waals surface area contributed by atoms with Gasteiger partial charge in [-0.05, 0) is 40.2 Å². The van der Waals surface area contributed by atoms with Gasteiger partial charge >= 0.3 is 0 Å². The molecule has 0 bridgehead atoms. The molecule has 0 unspecified atom stereocenters. The van der Waals surface area contributed by atoms with Gasteiger partial charge in [-0.15, -0.1) is 0 Å². The Kier molecular flexibility index (Phi) is 4.29. The van der Waals surface area contributed by atoms with Gasteiger partial charge in [0.15, 0.2) is 0 Å². The standard InChI is InChI=1S/C13H8BrF3N2S/c14-8-4-12(11(17)5-10(8)16)19-6-1-2-7(13(18)20)9(15)3-6/h1-5,19H,(H2,18,20). The van der Waals surface area contributed by atoms with Gasteiger partial charge in [0.25, 0.3) is 0 Å². The van der Waals surface area contributed by atoms with E-state index in [9.17, 15) is 13.2 Å². The minimum atomic E-state index is -0.787. The van der Waals surface area contributed by atoms with Crippen LogP contribution in [0.2, 0.25) is 0 Å². The molecule has 0 aliphatic rings. The topological polar surface area (TPSA) is 38.0 Å². The average Bonchev–Trinajstić information content (AvgIpc) is 2.35. The first-order chi connectivity index (χ1) is 9.38. The summed E-state index contributed by atoms with van der Waals surface area (Å²) in [7, 11) is 0. The van der Waals surface area contributed by atoms with Gasteiger partial charge in [-0.2, -0.15) is 0 Å². The predicted octanol–water partition coefficient (Wildman–Crippen LogP) is 4.24. The SMILES string of the molecule is NC(=S)c1ccc(Nc2cc(Br)c(F)cc2F)cc1F. The Morgan fingerprint density at radius 1 is 1.05 bits per heavy atom. The quantitative estimate of drug-likeness (QED) is 0.634. The number of nitrogens with two attached hydrogens (primary N) is 1. The van der Waals surface area contributed by atoms with Crippen molar-refractivity contribution in [3.8, 4) is 0 Å². The molecule has 0 saturated heterocycles. The highest BCUT2D eigenvalue weighted by atomic mass is 79.9. The molecular weight excluding hydrogens is 353 g/mol. The molecule has 0 atom stereocenters. The molecule has 2 aromatic rings. The van der Waals surface area contributed by atoms with Crippen LogP contribution in [0.3, 0.4) is 0 Å². The van der Waals surface area contributed by atoms with Gasteiger partial charge in [-0.3, -0.25) is 0 Å². The van der Waals surface area contributed by atoms with Crippen molar-refractivity contribution in [2.24, 2.45) is 5.73 Å². The lowest BCUT2D eigenvalue weighted by Crippen LogP contribution is -2.11. The maximum atomic E-state index is 13.7. The van der Waals surface area contributed by atoms with Crippen molar-refractivity contribution in [2.45, 2.75) is 0 Å². The van der Waals surface area contributed by atoms with Crippen molar-refractivity contribution in [1.82, 2.24) is 0 Å². The normalized spacial score (nSPS) is 10.4. The summed E-state index contributed by atoms with van der Waals surface area (Å²) in [5.74, 6) is -2.13. The maximum absolute atomic E-state index is 13.7. The Balaban J connectivity index is 2.33. The average molecular weight is 361 g/mol. The number of anilines is 2. The molecule has 2 nitrogen and oxygen atoms in total. The third kappa shape index (κ3) is 3.10. The van der Waals surface area contributed by atoms with Gasteiger partial charge in [-0.1, -0.05) is 12.2 Å². The highest BCUT2D eigenvalue weighted by Gasteiger charge is 2.10. The summed E-state index contributed by atoms with van der Waals surface area (Å²) in [4.78, 5) is -0.0650. The molecular formula is C13H8BrF3N2S. The van der Waals surface area contributed by atoms with Crippen molar-refractivity contribution < 1.29 is 13.2 Å². The van der Waals surface area contributed by atoms with Gasteiger partial charge in [0.2, 0.25) is 0 Å². The zero-order valence-electron chi connectivity index (χ0n) is 9.88. The second-order valence-electron chi connectivity index (χ2n) is 3.93. The minimum absolute atomic E-state index is 0.0146. The molecule has 0 aromatic heterocycles. The Bertz CT molecular complexity index is 692. The molecule has 20 heavy (non-hydrogen) atoms. The highest BCUT2D eigenvalue weighted by molar-refractivity contribution is 9.10. The zero-order chi connectivity index (χ0) is 14.9. The summed E-state index contributed by atoms with van der Waals surface area (Å²) in [6, 6.07) is 5.96. The van der Waals surface area contributed by atoms with Crippen LogP contribution < -0.4 is 11.1 Å². The smallest absolute Gasteiger partial charge is 0.149 e. The lowest BCUT2D eigenvalue weighted by Gasteiger charge is -2.10. The number of benzene rings is 2. The molecule has 0 amide bonds. The van der Waals surface area contributed by atoms with Crippen LogP contribution >= 0.6 is 28.1 Å². The largest absolute Gasteiger partial charge is 0.389 e. The Morgan fingerprint density at radius 3 is 2.35 bits per heavy atom. The molecule has 0 spiro atoms. The molecule has 7 heteroatoms. The highest BCUT2D eigenvalue weighted by Crippen LogP contribution is 2.27. The van der Waals surface area contributed by atoms with Crippen molar-refractivity contribution in [3.05, 3.63) is 57.8 Å². The molecule has 0 heterocycles. The lowest BCUT2D eigenvalue weighted by atomic mass is 10.2. The van der Waals surface area contributed by atoms with E-state index >= 15 is 0 Å². The van der Waals surface area contributed by atoms with Gasteiger partial charge in [0.05, 0.1) is 10.2 Å². The Morgan fingerprint density at radius 2 is 1.75 bits per heavy atom. The summed E-state index contributed by atoms with van der Waals surface area (Å²) in [6.45, 7) is 0. The molecule has 0 saturated carbocycles. The van der Waals surface area contributed by atoms with E-state index < -0.39 is 17.5 Å². The number of nitrogens with one attached hydrogen (secondary N) is 1. The number of hydrogen-bond donors (Lipinski definition) is 2. The van der Waals surface area contributed by atoms with Gasteiger partial charge < -0.3 is 11.1 Å². The molecule has 0 fully saturated rings. The molecule has 0 radical (unpaired) electrons. The van der Waals surface area contributed by atoms with Crippen LogP contribution in [0.5, 0.6) is 0 Å². The summed E-state index contributed by atoms with van der Waals surface area (Å²) in [6.07, 6.45) is 0. The lowest BCUT2D eigenvalue weighted by molar-refractivity contribution is 0.581. The van der Waals surface area contributed by atoms with Crippen LogP contribution in [-0.2, 0) is 0 Å². The molecule has 2 aromatic carbocycles. The fraction of sp³-hybridized carbons (Fsp3) is 0. The van der Waals surface area contributed by atoms with Crippen molar-refractivity contribution in [1.29, 1.82) is 0 Å². The first-order valence-corrected chi connectivity index (χ1v) is 6.59. The van der Waals surface area contributed by atoms with Crippen LogP contribution in [-0.4, -0.2) is 4.99 Å². The predicted molar refractivity (Wildman–Crippen MR) is 79.6 cm³/mol.